The van der Waals surface area contributed by atoms with Crippen LogP contribution in [0.2, 0.25) is 0 Å². The number of benzene rings is 1. The number of amides is 1. The van der Waals surface area contributed by atoms with Crippen LogP contribution in [0.15, 0.2) is 24.3 Å². The van der Waals surface area contributed by atoms with Crippen molar-refractivity contribution in [3.05, 3.63) is 29.3 Å². The van der Waals surface area contributed by atoms with Gasteiger partial charge in [-0.2, -0.15) is 0 Å². The van der Waals surface area contributed by atoms with Gasteiger partial charge in [-0.1, -0.05) is 12.1 Å². The highest BCUT2D eigenvalue weighted by molar-refractivity contribution is 7.99. The van der Waals surface area contributed by atoms with Gasteiger partial charge in [-0.05, 0) is 12.1 Å². The van der Waals surface area contributed by atoms with Crippen molar-refractivity contribution < 1.29 is 4.79 Å². The van der Waals surface area contributed by atoms with Crippen molar-refractivity contribution in [3.8, 4) is 0 Å². The molecule has 19 heavy (non-hydrogen) atoms. The maximum Gasteiger partial charge on any atom is 0.238 e. The van der Waals surface area contributed by atoms with E-state index in [1.165, 1.54) is 0 Å². The Kier molecular flexibility index (Phi) is 5.04. The molecule has 0 saturated carbocycles. The predicted octanol–water partition coefficient (Wildman–Crippen LogP) is 2.00. The van der Waals surface area contributed by atoms with Crippen molar-refractivity contribution in [1.82, 2.24) is 15.6 Å². The van der Waals surface area contributed by atoms with Gasteiger partial charge in [-0.25, -0.2) is 4.98 Å². The van der Waals surface area contributed by atoms with Gasteiger partial charge in [-0.15, -0.1) is 35.5 Å². The molecule has 1 unspecified atom stereocenters. The van der Waals surface area contributed by atoms with E-state index in [2.05, 4.69) is 15.6 Å². The third kappa shape index (κ3) is 3.39. The number of hydrogen-bond acceptors (Lipinski definition) is 5. The molecular formula is C12H14ClN3OS2. The lowest BCUT2D eigenvalue weighted by Crippen LogP contribution is -2.41. The fourth-order valence-electron chi connectivity index (χ4n) is 1.85. The second kappa shape index (κ2) is 6.56. The van der Waals surface area contributed by atoms with E-state index in [1.54, 1.807) is 23.1 Å². The number of fused-ring (bicyclic) bond motifs is 1. The molecule has 2 aromatic rings. The summed E-state index contributed by atoms with van der Waals surface area (Å²) in [6.45, 7) is 0.515. The minimum Gasteiger partial charge on any atom is -0.348 e. The third-order valence-corrected chi connectivity index (χ3v) is 4.76. The number of halogens is 1. The summed E-state index contributed by atoms with van der Waals surface area (Å²) in [5, 5.41) is 7.04. The highest BCUT2D eigenvalue weighted by Gasteiger charge is 2.22. The third-order valence-electron chi connectivity index (χ3n) is 2.78. The molecular weight excluding hydrogens is 302 g/mol. The van der Waals surface area contributed by atoms with Crippen LogP contribution in [0.4, 0.5) is 0 Å². The van der Waals surface area contributed by atoms with E-state index in [9.17, 15) is 4.79 Å². The molecule has 1 aromatic heterocycles. The summed E-state index contributed by atoms with van der Waals surface area (Å²) in [5.74, 6) is 1.78. The van der Waals surface area contributed by atoms with Gasteiger partial charge >= 0.3 is 0 Å². The van der Waals surface area contributed by atoms with Crippen molar-refractivity contribution >= 4 is 51.6 Å². The second-order valence-corrected chi connectivity index (χ2v) is 6.21. The highest BCUT2D eigenvalue weighted by Crippen LogP contribution is 2.21. The van der Waals surface area contributed by atoms with Gasteiger partial charge in [-0.3, -0.25) is 10.1 Å². The lowest BCUT2D eigenvalue weighted by atomic mass is 10.3. The fraction of sp³-hybridized carbons (Fsp3) is 0.333. The molecule has 1 aliphatic heterocycles. The van der Waals surface area contributed by atoms with Crippen molar-refractivity contribution in [2.45, 2.75) is 12.6 Å². The van der Waals surface area contributed by atoms with Gasteiger partial charge in [0.15, 0.2) is 0 Å². The molecule has 4 nitrogen and oxygen atoms in total. The number of para-hydroxylation sites is 1. The van der Waals surface area contributed by atoms with Gasteiger partial charge in [0.05, 0.1) is 22.8 Å². The molecule has 0 spiro atoms. The van der Waals surface area contributed by atoms with Gasteiger partial charge in [0, 0.05) is 11.6 Å². The first kappa shape index (κ1) is 14.6. The molecule has 3 rings (SSSR count). The van der Waals surface area contributed by atoms with E-state index in [0.717, 1.165) is 26.9 Å². The zero-order chi connectivity index (χ0) is 12.4. The lowest BCUT2D eigenvalue weighted by Gasteiger charge is -2.08. The van der Waals surface area contributed by atoms with E-state index in [1.807, 2.05) is 24.3 Å². The summed E-state index contributed by atoms with van der Waals surface area (Å²) >= 11 is 3.38. The first-order valence-corrected chi connectivity index (χ1v) is 7.73. The standard InChI is InChI=1S/C12H13N3OS2.ClH/c16-12(9-6-17-7-14-9)13-5-11-15-8-3-1-2-4-10(8)18-11;/h1-4,9,14H,5-7H2,(H,13,16);1H. The molecule has 1 atom stereocenters. The molecule has 102 valence electrons. The Labute approximate surface area is 125 Å². The summed E-state index contributed by atoms with van der Waals surface area (Å²) in [6.07, 6.45) is 0. The largest absolute Gasteiger partial charge is 0.348 e. The molecule has 1 fully saturated rings. The zero-order valence-electron chi connectivity index (χ0n) is 10.1. The first-order chi connectivity index (χ1) is 8.83. The molecule has 0 aliphatic carbocycles. The maximum absolute atomic E-state index is 11.8. The monoisotopic (exact) mass is 315 g/mol. The average molecular weight is 316 g/mol. The van der Waals surface area contributed by atoms with Crippen molar-refractivity contribution in [1.29, 1.82) is 0 Å². The summed E-state index contributed by atoms with van der Waals surface area (Å²) in [6, 6.07) is 7.97. The Bertz CT molecular complexity index is 536. The van der Waals surface area contributed by atoms with Crippen LogP contribution in [0.1, 0.15) is 5.01 Å². The van der Waals surface area contributed by atoms with E-state index in [0.29, 0.717) is 6.54 Å². The number of nitrogens with zero attached hydrogens (tertiary/aromatic N) is 1. The number of rotatable bonds is 3. The average Bonchev–Trinajstić information content (AvgIpc) is 3.04. The van der Waals surface area contributed by atoms with Gasteiger partial charge in [0.2, 0.25) is 5.91 Å². The Morgan fingerprint density at radius 3 is 3.05 bits per heavy atom. The van der Waals surface area contributed by atoms with Crippen molar-refractivity contribution in [3.63, 3.8) is 0 Å². The number of carbonyl (C=O) groups is 1. The Morgan fingerprint density at radius 1 is 1.47 bits per heavy atom. The smallest absolute Gasteiger partial charge is 0.238 e. The van der Waals surface area contributed by atoms with Crippen molar-refractivity contribution in [2.24, 2.45) is 0 Å². The van der Waals surface area contributed by atoms with Crippen LogP contribution < -0.4 is 10.6 Å². The Balaban J connectivity index is 0.00000133. The Hall–Kier alpha value is -0.820. The number of carbonyl (C=O) groups excluding carboxylic acids is 1. The second-order valence-electron chi connectivity index (χ2n) is 4.06. The zero-order valence-corrected chi connectivity index (χ0v) is 12.5. The molecule has 2 N–H and O–H groups in total. The van der Waals surface area contributed by atoms with Crippen LogP contribution in [0.3, 0.4) is 0 Å². The summed E-state index contributed by atoms with van der Waals surface area (Å²) < 4.78 is 1.16. The molecule has 0 bridgehead atoms. The molecule has 1 amide bonds. The maximum atomic E-state index is 11.8. The quantitative estimate of drug-likeness (QED) is 0.909. The van der Waals surface area contributed by atoms with Gasteiger partial charge in [0.1, 0.15) is 5.01 Å². The van der Waals surface area contributed by atoms with Crippen molar-refractivity contribution in [2.75, 3.05) is 11.6 Å². The van der Waals surface area contributed by atoms with Crippen LogP contribution in [0.25, 0.3) is 10.2 Å². The number of hydrogen-bond donors (Lipinski definition) is 2. The van der Waals surface area contributed by atoms with E-state index in [4.69, 9.17) is 0 Å². The predicted molar refractivity (Wildman–Crippen MR) is 83.0 cm³/mol. The fourth-order valence-corrected chi connectivity index (χ4v) is 3.69. The number of nitrogens with one attached hydrogen (secondary N) is 2. The minimum atomic E-state index is -0.0515. The van der Waals surface area contributed by atoms with E-state index in [-0.39, 0.29) is 24.4 Å². The summed E-state index contributed by atoms with van der Waals surface area (Å²) in [7, 11) is 0. The SMILES string of the molecule is Cl.O=C(NCc1nc2ccccc2s1)C1CSCN1. The number of aromatic nitrogens is 1. The normalized spacial score (nSPS) is 18.2. The number of thioether (sulfide) groups is 1. The summed E-state index contributed by atoms with van der Waals surface area (Å²) in [4.78, 5) is 16.3. The van der Waals surface area contributed by atoms with Crippen LogP contribution in [-0.2, 0) is 11.3 Å². The topological polar surface area (TPSA) is 54.0 Å². The van der Waals surface area contributed by atoms with E-state index < -0.39 is 0 Å². The molecule has 1 saturated heterocycles. The van der Waals surface area contributed by atoms with Gasteiger partial charge in [0.25, 0.3) is 0 Å². The van der Waals surface area contributed by atoms with Crippen LogP contribution in [0, 0.1) is 0 Å². The van der Waals surface area contributed by atoms with Crippen LogP contribution in [-0.4, -0.2) is 28.6 Å². The Morgan fingerprint density at radius 2 is 2.32 bits per heavy atom. The number of thiazole rings is 1. The van der Waals surface area contributed by atoms with Crippen LogP contribution >= 0.6 is 35.5 Å². The molecule has 2 heterocycles. The molecule has 7 heteroatoms. The van der Waals surface area contributed by atoms with E-state index >= 15 is 0 Å². The lowest BCUT2D eigenvalue weighted by molar-refractivity contribution is -0.122. The van der Waals surface area contributed by atoms with Gasteiger partial charge < -0.3 is 5.32 Å². The molecule has 1 aromatic carbocycles. The summed E-state index contributed by atoms with van der Waals surface area (Å²) in [5.41, 5.74) is 1.00. The first-order valence-electron chi connectivity index (χ1n) is 5.76. The molecule has 1 aliphatic rings. The highest BCUT2D eigenvalue weighted by atomic mass is 35.5. The molecule has 0 radical (unpaired) electrons. The minimum absolute atomic E-state index is 0. The van der Waals surface area contributed by atoms with Crippen LogP contribution in [0.5, 0.6) is 0 Å².